The summed E-state index contributed by atoms with van der Waals surface area (Å²) in [6.07, 6.45) is 3.60. The smallest absolute Gasteiger partial charge is 0.175 e. The van der Waals surface area contributed by atoms with Gasteiger partial charge in [0.2, 0.25) is 0 Å². The van der Waals surface area contributed by atoms with E-state index in [4.69, 9.17) is 47.0 Å². The number of thiocarbonyl (C=S) groups is 1. The first-order valence-corrected chi connectivity index (χ1v) is 11.7. The molecule has 2 aromatic heterocycles. The Morgan fingerprint density at radius 3 is 2.48 bits per heavy atom. The highest BCUT2D eigenvalue weighted by Crippen LogP contribution is 2.25. The lowest BCUT2D eigenvalue weighted by atomic mass is 10.2. The summed E-state index contributed by atoms with van der Waals surface area (Å²) in [5.41, 5.74) is 5.32. The van der Waals surface area contributed by atoms with Crippen molar-refractivity contribution in [1.29, 1.82) is 0 Å². The van der Waals surface area contributed by atoms with Crippen molar-refractivity contribution in [1.82, 2.24) is 19.6 Å². The van der Waals surface area contributed by atoms with Crippen LogP contribution in [0.2, 0.25) is 15.1 Å². The Bertz CT molecular complexity index is 1310. The van der Waals surface area contributed by atoms with Crippen molar-refractivity contribution in [3.05, 3.63) is 92.4 Å². The molecule has 4 aromatic rings. The molecule has 4 rings (SSSR count). The van der Waals surface area contributed by atoms with Gasteiger partial charge in [-0.25, -0.2) is 0 Å². The lowest BCUT2D eigenvalue weighted by Gasteiger charge is -2.10. The van der Waals surface area contributed by atoms with Gasteiger partial charge in [0.1, 0.15) is 0 Å². The van der Waals surface area contributed by atoms with Gasteiger partial charge in [0.05, 0.1) is 42.0 Å². The SMILES string of the molecule is Cc1nn(Cc2ccc(Cl)cc2Cl)c(C)c1NC(=S)Nc1cnn(Cc2ccccc2Cl)c1. The number of nitrogens with one attached hydrogen (secondary N) is 2. The van der Waals surface area contributed by atoms with E-state index in [0.29, 0.717) is 33.3 Å². The average molecular weight is 520 g/mol. The van der Waals surface area contributed by atoms with Gasteiger partial charge >= 0.3 is 0 Å². The third-order valence-electron chi connectivity index (χ3n) is 5.14. The van der Waals surface area contributed by atoms with E-state index in [0.717, 1.165) is 33.9 Å². The lowest BCUT2D eigenvalue weighted by Crippen LogP contribution is -2.19. The molecule has 2 heterocycles. The highest BCUT2D eigenvalue weighted by Gasteiger charge is 2.15. The molecule has 0 saturated heterocycles. The van der Waals surface area contributed by atoms with Crippen LogP contribution in [0.5, 0.6) is 0 Å². The van der Waals surface area contributed by atoms with Crippen molar-refractivity contribution < 1.29 is 0 Å². The van der Waals surface area contributed by atoms with Crippen molar-refractivity contribution in [3.8, 4) is 0 Å². The summed E-state index contributed by atoms with van der Waals surface area (Å²) < 4.78 is 3.69. The van der Waals surface area contributed by atoms with E-state index in [2.05, 4.69) is 20.8 Å². The van der Waals surface area contributed by atoms with Gasteiger partial charge < -0.3 is 10.6 Å². The molecular weight excluding hydrogens is 499 g/mol. The van der Waals surface area contributed by atoms with Gasteiger partial charge in [-0.05, 0) is 55.4 Å². The Morgan fingerprint density at radius 2 is 1.73 bits per heavy atom. The summed E-state index contributed by atoms with van der Waals surface area (Å²) in [6.45, 7) is 5.01. The molecule has 0 radical (unpaired) electrons. The molecule has 6 nitrogen and oxygen atoms in total. The third kappa shape index (κ3) is 5.68. The molecule has 0 amide bonds. The van der Waals surface area contributed by atoms with Crippen LogP contribution >= 0.6 is 47.0 Å². The Hall–Kier alpha value is -2.58. The van der Waals surface area contributed by atoms with Crippen LogP contribution in [0, 0.1) is 13.8 Å². The molecule has 0 bridgehead atoms. The minimum atomic E-state index is 0.447. The van der Waals surface area contributed by atoms with Gasteiger partial charge in [-0.2, -0.15) is 10.2 Å². The first-order chi connectivity index (χ1) is 15.8. The van der Waals surface area contributed by atoms with E-state index in [1.807, 2.05) is 61.1 Å². The maximum absolute atomic E-state index is 6.33. The maximum atomic E-state index is 6.33. The second-order valence-corrected chi connectivity index (χ2v) is 9.20. The van der Waals surface area contributed by atoms with Crippen LogP contribution in [0.3, 0.4) is 0 Å². The first kappa shape index (κ1) is 23.6. The zero-order valence-corrected chi connectivity index (χ0v) is 21.0. The van der Waals surface area contributed by atoms with E-state index >= 15 is 0 Å². The summed E-state index contributed by atoms with van der Waals surface area (Å²) in [5.74, 6) is 0. The van der Waals surface area contributed by atoms with Crippen molar-refractivity contribution in [2.45, 2.75) is 26.9 Å². The summed E-state index contributed by atoms with van der Waals surface area (Å²) in [7, 11) is 0. The molecule has 0 atom stereocenters. The summed E-state index contributed by atoms with van der Waals surface area (Å²) in [4.78, 5) is 0. The Labute approximate surface area is 212 Å². The number of rotatable bonds is 6. The number of nitrogens with zero attached hydrogens (tertiary/aromatic N) is 4. The maximum Gasteiger partial charge on any atom is 0.175 e. The van der Waals surface area contributed by atoms with Gasteiger partial charge in [-0.15, -0.1) is 0 Å². The van der Waals surface area contributed by atoms with E-state index in [9.17, 15) is 0 Å². The molecule has 0 fully saturated rings. The molecule has 33 heavy (non-hydrogen) atoms. The molecule has 170 valence electrons. The molecule has 0 aliphatic rings. The standard InChI is InChI=1S/C23H21Cl3N6S/c1-14-22(15(2)32(30-14)12-17-7-8-18(24)9-21(17)26)29-23(33)28-19-10-27-31(13-19)11-16-5-3-4-6-20(16)25/h3-10,13H,11-12H2,1-2H3,(H2,28,29,33). The largest absolute Gasteiger partial charge is 0.330 e. The number of aryl methyl sites for hydroxylation is 1. The average Bonchev–Trinajstić information content (AvgIpc) is 3.31. The van der Waals surface area contributed by atoms with E-state index < -0.39 is 0 Å². The number of benzene rings is 2. The second-order valence-electron chi connectivity index (χ2n) is 7.54. The number of anilines is 2. The number of hydrogen-bond acceptors (Lipinski definition) is 3. The molecule has 0 spiro atoms. The zero-order valence-electron chi connectivity index (χ0n) is 17.9. The molecule has 0 aliphatic carbocycles. The molecule has 2 aromatic carbocycles. The summed E-state index contributed by atoms with van der Waals surface area (Å²) >= 11 is 24.1. The van der Waals surface area contributed by atoms with E-state index in [1.54, 1.807) is 16.9 Å². The summed E-state index contributed by atoms with van der Waals surface area (Å²) in [6, 6.07) is 13.2. The molecule has 0 saturated carbocycles. The molecular formula is C23H21Cl3N6S. The highest BCUT2D eigenvalue weighted by molar-refractivity contribution is 7.80. The normalized spacial score (nSPS) is 10.9. The molecule has 0 aliphatic heterocycles. The van der Waals surface area contributed by atoms with Crippen molar-refractivity contribution in [3.63, 3.8) is 0 Å². The van der Waals surface area contributed by atoms with Gasteiger partial charge in [-0.1, -0.05) is 59.1 Å². The summed E-state index contributed by atoms with van der Waals surface area (Å²) in [5, 5.41) is 17.8. The van der Waals surface area contributed by atoms with E-state index in [1.165, 1.54) is 0 Å². The number of halogens is 3. The van der Waals surface area contributed by atoms with Gasteiger partial charge in [0, 0.05) is 21.3 Å². The van der Waals surface area contributed by atoms with Crippen LogP contribution in [0.1, 0.15) is 22.5 Å². The Balaban J connectivity index is 1.42. The van der Waals surface area contributed by atoms with Crippen LogP contribution in [-0.4, -0.2) is 24.7 Å². The number of aromatic nitrogens is 4. The fourth-order valence-corrected chi connectivity index (χ4v) is 4.32. The molecule has 0 unspecified atom stereocenters. The fraction of sp³-hybridized carbons (Fsp3) is 0.174. The monoisotopic (exact) mass is 518 g/mol. The predicted octanol–water partition coefficient (Wildman–Crippen LogP) is 6.56. The van der Waals surface area contributed by atoms with Crippen LogP contribution in [0.4, 0.5) is 11.4 Å². The molecule has 10 heteroatoms. The topological polar surface area (TPSA) is 59.7 Å². The predicted molar refractivity (Wildman–Crippen MR) is 140 cm³/mol. The third-order valence-corrected chi connectivity index (χ3v) is 6.30. The highest BCUT2D eigenvalue weighted by atomic mass is 35.5. The minimum Gasteiger partial charge on any atom is -0.330 e. The minimum absolute atomic E-state index is 0.447. The van der Waals surface area contributed by atoms with Gasteiger partial charge in [0.15, 0.2) is 5.11 Å². The van der Waals surface area contributed by atoms with E-state index in [-0.39, 0.29) is 0 Å². The van der Waals surface area contributed by atoms with Crippen molar-refractivity contribution >= 4 is 63.5 Å². The zero-order chi connectivity index (χ0) is 23.5. The van der Waals surface area contributed by atoms with Crippen LogP contribution in [0.25, 0.3) is 0 Å². The Morgan fingerprint density at radius 1 is 0.970 bits per heavy atom. The van der Waals surface area contributed by atoms with Crippen LogP contribution < -0.4 is 10.6 Å². The van der Waals surface area contributed by atoms with Crippen molar-refractivity contribution in [2.75, 3.05) is 10.6 Å². The first-order valence-electron chi connectivity index (χ1n) is 10.1. The lowest BCUT2D eigenvalue weighted by molar-refractivity contribution is 0.659. The van der Waals surface area contributed by atoms with Crippen LogP contribution in [-0.2, 0) is 13.1 Å². The van der Waals surface area contributed by atoms with Crippen molar-refractivity contribution in [2.24, 2.45) is 0 Å². The number of hydrogen-bond donors (Lipinski definition) is 2. The Kier molecular flexibility index (Phi) is 7.24. The second kappa shape index (κ2) is 10.1. The van der Waals surface area contributed by atoms with Gasteiger partial charge in [0.25, 0.3) is 0 Å². The fourth-order valence-electron chi connectivity index (χ4n) is 3.43. The quantitative estimate of drug-likeness (QED) is 0.282. The van der Waals surface area contributed by atoms with Crippen LogP contribution in [0.15, 0.2) is 54.9 Å². The van der Waals surface area contributed by atoms with Gasteiger partial charge in [-0.3, -0.25) is 9.36 Å². The molecule has 2 N–H and O–H groups in total.